The van der Waals surface area contributed by atoms with E-state index in [0.29, 0.717) is 0 Å². The van der Waals surface area contributed by atoms with Gasteiger partial charge >= 0.3 is 5.97 Å². The SMILES string of the molecule is COC(=O)C1COC(CO)O1.[W]. The molecule has 0 radical (unpaired) electrons. The summed E-state index contributed by atoms with van der Waals surface area (Å²) < 4.78 is 14.2. The predicted octanol–water partition coefficient (Wildman–Crippen LogP) is -1.11. The average Bonchev–Trinajstić information content (AvgIpc) is 2.50. The van der Waals surface area contributed by atoms with Gasteiger partial charge in [-0.2, -0.15) is 0 Å². The van der Waals surface area contributed by atoms with Gasteiger partial charge in [-0.05, 0) is 0 Å². The van der Waals surface area contributed by atoms with Gasteiger partial charge in [-0.1, -0.05) is 0 Å². The van der Waals surface area contributed by atoms with Gasteiger partial charge in [0.25, 0.3) is 0 Å². The van der Waals surface area contributed by atoms with Crippen molar-refractivity contribution in [1.29, 1.82) is 0 Å². The number of rotatable bonds is 2. The number of hydrogen-bond acceptors (Lipinski definition) is 5. The molecule has 0 bridgehead atoms. The maximum absolute atomic E-state index is 10.8. The molecule has 1 aliphatic rings. The van der Waals surface area contributed by atoms with Crippen LogP contribution >= 0.6 is 0 Å². The van der Waals surface area contributed by atoms with Crippen molar-refractivity contribution >= 4 is 5.97 Å². The molecule has 1 rings (SSSR count). The summed E-state index contributed by atoms with van der Waals surface area (Å²) >= 11 is 0. The second kappa shape index (κ2) is 5.64. The summed E-state index contributed by atoms with van der Waals surface area (Å²) in [5, 5.41) is 8.54. The van der Waals surface area contributed by atoms with Crippen LogP contribution in [0, 0.1) is 0 Å². The van der Waals surface area contributed by atoms with Crippen molar-refractivity contribution in [1.82, 2.24) is 0 Å². The largest absolute Gasteiger partial charge is 0.467 e. The molecule has 0 aromatic heterocycles. The summed E-state index contributed by atoms with van der Waals surface area (Å²) in [6.45, 7) is -0.0919. The Morgan fingerprint density at radius 2 is 2.42 bits per heavy atom. The number of ether oxygens (including phenoxy) is 3. The molecule has 2 unspecified atom stereocenters. The van der Waals surface area contributed by atoms with Gasteiger partial charge in [0.1, 0.15) is 0 Å². The van der Waals surface area contributed by atoms with Gasteiger partial charge in [-0.25, -0.2) is 4.79 Å². The van der Waals surface area contributed by atoms with E-state index in [4.69, 9.17) is 14.6 Å². The standard InChI is InChI=1S/C6H10O5.W/c1-9-6(8)4-3-10-5(2-7)11-4;/h4-5,7H,2-3H2,1H3;. The predicted molar refractivity (Wildman–Crippen MR) is 33.7 cm³/mol. The Labute approximate surface area is 84.2 Å². The van der Waals surface area contributed by atoms with Crippen molar-refractivity contribution in [2.24, 2.45) is 0 Å². The van der Waals surface area contributed by atoms with Crippen LogP contribution in [0.3, 0.4) is 0 Å². The van der Waals surface area contributed by atoms with Gasteiger partial charge < -0.3 is 19.3 Å². The van der Waals surface area contributed by atoms with Crippen LogP contribution in [0.25, 0.3) is 0 Å². The summed E-state index contributed by atoms with van der Waals surface area (Å²) in [6, 6.07) is 0. The van der Waals surface area contributed by atoms with Crippen molar-refractivity contribution in [3.63, 3.8) is 0 Å². The Balaban J connectivity index is 0.00000121. The monoisotopic (exact) mass is 346 g/mol. The number of aliphatic hydroxyl groups is 1. The van der Waals surface area contributed by atoms with E-state index in [9.17, 15) is 4.79 Å². The van der Waals surface area contributed by atoms with Crippen molar-refractivity contribution in [2.75, 3.05) is 20.3 Å². The molecular formula is C6H10O5W. The molecule has 6 heteroatoms. The molecule has 0 aromatic rings. The van der Waals surface area contributed by atoms with Crippen LogP contribution in [-0.4, -0.2) is 43.8 Å². The van der Waals surface area contributed by atoms with Crippen molar-refractivity contribution < 1.29 is 45.2 Å². The molecule has 12 heavy (non-hydrogen) atoms. The van der Waals surface area contributed by atoms with E-state index >= 15 is 0 Å². The molecule has 0 aromatic carbocycles. The van der Waals surface area contributed by atoms with E-state index in [2.05, 4.69) is 4.74 Å². The topological polar surface area (TPSA) is 65.0 Å². The molecule has 2 atom stereocenters. The molecular weight excluding hydrogens is 336 g/mol. The molecule has 1 saturated heterocycles. The Morgan fingerprint density at radius 1 is 1.75 bits per heavy atom. The average molecular weight is 346 g/mol. The van der Waals surface area contributed by atoms with Crippen LogP contribution in [0.4, 0.5) is 0 Å². The second-order valence-electron chi connectivity index (χ2n) is 2.09. The number of methoxy groups -OCH3 is 1. The first-order valence-electron chi connectivity index (χ1n) is 3.23. The minimum atomic E-state index is -0.683. The quantitative estimate of drug-likeness (QED) is 0.643. The van der Waals surface area contributed by atoms with E-state index in [1.807, 2.05) is 0 Å². The van der Waals surface area contributed by atoms with E-state index in [0.717, 1.165) is 0 Å². The van der Waals surface area contributed by atoms with Crippen LogP contribution in [0.2, 0.25) is 0 Å². The third-order valence-corrected chi connectivity index (χ3v) is 1.36. The number of carbonyl (C=O) groups excluding carboxylic acids is 1. The molecule has 0 aliphatic carbocycles. The fourth-order valence-electron chi connectivity index (χ4n) is 0.807. The molecule has 0 spiro atoms. The third-order valence-electron chi connectivity index (χ3n) is 1.36. The van der Waals surface area contributed by atoms with Gasteiger partial charge in [0.05, 0.1) is 20.3 Å². The zero-order valence-electron chi connectivity index (χ0n) is 6.56. The van der Waals surface area contributed by atoms with Gasteiger partial charge in [0.15, 0.2) is 12.4 Å². The normalized spacial score (nSPS) is 27.8. The Morgan fingerprint density at radius 3 is 2.83 bits per heavy atom. The first-order chi connectivity index (χ1) is 5.27. The Bertz CT molecular complexity index is 151. The summed E-state index contributed by atoms with van der Waals surface area (Å²) in [4.78, 5) is 10.8. The van der Waals surface area contributed by atoms with Crippen LogP contribution in [0.5, 0.6) is 0 Å². The summed E-state index contributed by atoms with van der Waals surface area (Å²) in [5.74, 6) is -0.471. The maximum atomic E-state index is 10.8. The van der Waals surface area contributed by atoms with Crippen molar-refractivity contribution in [3.8, 4) is 0 Å². The van der Waals surface area contributed by atoms with E-state index in [-0.39, 0.29) is 34.3 Å². The molecule has 5 nitrogen and oxygen atoms in total. The van der Waals surface area contributed by atoms with Gasteiger partial charge in [0.2, 0.25) is 0 Å². The number of hydrogen-bond donors (Lipinski definition) is 1. The number of carbonyl (C=O) groups is 1. The minimum Gasteiger partial charge on any atom is -0.467 e. The molecule has 70 valence electrons. The third kappa shape index (κ3) is 2.82. The minimum absolute atomic E-state index is 0. The van der Waals surface area contributed by atoms with Gasteiger partial charge in [-0.15, -0.1) is 0 Å². The number of aliphatic hydroxyl groups excluding tert-OH is 1. The van der Waals surface area contributed by atoms with Gasteiger partial charge in [0, 0.05) is 21.1 Å². The molecule has 0 amide bonds. The molecule has 1 aliphatic heterocycles. The summed E-state index contributed by atoms with van der Waals surface area (Å²) in [6.07, 6.45) is -1.36. The Hall–Kier alpha value is 0.0383. The van der Waals surface area contributed by atoms with E-state index in [1.54, 1.807) is 0 Å². The molecule has 1 fully saturated rings. The smallest absolute Gasteiger partial charge is 0.337 e. The number of esters is 1. The summed E-state index contributed by atoms with van der Waals surface area (Å²) in [5.41, 5.74) is 0. The fourth-order valence-corrected chi connectivity index (χ4v) is 0.807. The van der Waals surface area contributed by atoms with Crippen molar-refractivity contribution in [3.05, 3.63) is 0 Å². The van der Waals surface area contributed by atoms with Gasteiger partial charge in [-0.3, -0.25) is 0 Å². The Kier molecular flexibility index (Phi) is 5.66. The molecule has 0 saturated carbocycles. The summed E-state index contributed by atoms with van der Waals surface area (Å²) in [7, 11) is 1.28. The zero-order chi connectivity index (χ0) is 8.27. The second-order valence-corrected chi connectivity index (χ2v) is 2.09. The van der Waals surface area contributed by atoms with E-state index in [1.165, 1.54) is 7.11 Å². The van der Waals surface area contributed by atoms with Crippen LogP contribution in [-0.2, 0) is 40.1 Å². The maximum Gasteiger partial charge on any atom is 0.337 e. The fraction of sp³-hybridized carbons (Fsp3) is 0.833. The van der Waals surface area contributed by atoms with Crippen LogP contribution in [0.15, 0.2) is 0 Å². The van der Waals surface area contributed by atoms with E-state index < -0.39 is 18.4 Å². The molecule has 1 heterocycles. The first kappa shape index (κ1) is 12.0. The first-order valence-corrected chi connectivity index (χ1v) is 3.23. The molecule has 1 N–H and O–H groups in total. The van der Waals surface area contributed by atoms with Crippen LogP contribution in [0.1, 0.15) is 0 Å². The van der Waals surface area contributed by atoms with Crippen molar-refractivity contribution in [2.45, 2.75) is 12.4 Å². The zero-order valence-corrected chi connectivity index (χ0v) is 9.49. The van der Waals surface area contributed by atoms with Crippen LogP contribution < -0.4 is 0 Å².